The summed E-state index contributed by atoms with van der Waals surface area (Å²) in [6.45, 7) is 0.706. The van der Waals surface area contributed by atoms with E-state index in [9.17, 15) is 0 Å². The molecule has 0 saturated carbocycles. The summed E-state index contributed by atoms with van der Waals surface area (Å²) in [6, 6.07) is 0. The third kappa shape index (κ3) is 0.952. The Morgan fingerprint density at radius 2 is 2.62 bits per heavy atom. The minimum atomic E-state index is 0.706. The van der Waals surface area contributed by atoms with Gasteiger partial charge in [0.25, 0.3) is 0 Å². The summed E-state index contributed by atoms with van der Waals surface area (Å²) in [5.41, 5.74) is 0. The standard InChI is InChI=1S/C4H8N2OS/c1-5-4-6(7)2-3-8-4/h7H,2-3H2,1H3. The molecule has 0 aliphatic carbocycles. The maximum atomic E-state index is 8.87. The maximum Gasteiger partial charge on any atom is 0.182 e. The van der Waals surface area contributed by atoms with Crippen molar-refractivity contribution in [3.63, 3.8) is 0 Å². The zero-order valence-electron chi connectivity index (χ0n) is 4.66. The number of amidine groups is 1. The van der Waals surface area contributed by atoms with E-state index in [1.807, 2.05) is 0 Å². The minimum absolute atomic E-state index is 0.706. The molecule has 1 heterocycles. The Balaban J connectivity index is 2.55. The first-order valence-corrected chi connectivity index (χ1v) is 3.39. The Morgan fingerprint density at radius 3 is 2.88 bits per heavy atom. The van der Waals surface area contributed by atoms with Crippen LogP contribution in [0.4, 0.5) is 0 Å². The first-order chi connectivity index (χ1) is 3.84. The third-order valence-electron chi connectivity index (χ3n) is 0.946. The zero-order chi connectivity index (χ0) is 5.98. The van der Waals surface area contributed by atoms with Crippen LogP contribution in [0.15, 0.2) is 4.99 Å². The lowest BCUT2D eigenvalue weighted by Gasteiger charge is -2.04. The molecule has 0 bridgehead atoms. The average molecular weight is 132 g/mol. The van der Waals surface area contributed by atoms with Gasteiger partial charge in [-0.05, 0) is 0 Å². The van der Waals surface area contributed by atoms with Crippen LogP contribution < -0.4 is 0 Å². The summed E-state index contributed by atoms with van der Waals surface area (Å²) in [4.78, 5) is 3.82. The van der Waals surface area contributed by atoms with Crippen molar-refractivity contribution in [3.8, 4) is 0 Å². The van der Waals surface area contributed by atoms with Gasteiger partial charge in [-0.1, -0.05) is 11.8 Å². The summed E-state index contributed by atoms with van der Waals surface area (Å²) >= 11 is 1.58. The molecule has 0 spiro atoms. The smallest absolute Gasteiger partial charge is 0.182 e. The van der Waals surface area contributed by atoms with Crippen LogP contribution in [0.2, 0.25) is 0 Å². The van der Waals surface area contributed by atoms with Crippen molar-refractivity contribution in [2.75, 3.05) is 19.3 Å². The molecule has 0 aromatic rings. The average Bonchev–Trinajstić information content (AvgIpc) is 2.14. The fourth-order valence-electron chi connectivity index (χ4n) is 0.574. The molecule has 8 heavy (non-hydrogen) atoms. The molecular formula is C4H8N2OS. The molecular weight excluding hydrogens is 124 g/mol. The number of hydroxylamine groups is 2. The van der Waals surface area contributed by atoms with Gasteiger partial charge in [0.2, 0.25) is 0 Å². The van der Waals surface area contributed by atoms with Gasteiger partial charge in [-0.25, -0.2) is 5.06 Å². The van der Waals surface area contributed by atoms with Crippen molar-refractivity contribution in [1.82, 2.24) is 5.06 Å². The van der Waals surface area contributed by atoms with Gasteiger partial charge in [0.1, 0.15) is 0 Å². The van der Waals surface area contributed by atoms with E-state index in [1.54, 1.807) is 18.8 Å². The molecule has 0 aromatic heterocycles. The Labute approximate surface area is 52.4 Å². The molecule has 3 nitrogen and oxygen atoms in total. The van der Waals surface area contributed by atoms with Crippen LogP contribution in [0.5, 0.6) is 0 Å². The molecule has 1 saturated heterocycles. The van der Waals surface area contributed by atoms with Gasteiger partial charge < -0.3 is 0 Å². The van der Waals surface area contributed by atoms with E-state index in [2.05, 4.69) is 4.99 Å². The fourth-order valence-corrected chi connectivity index (χ4v) is 1.39. The number of hydrogen-bond donors (Lipinski definition) is 1. The van der Waals surface area contributed by atoms with E-state index < -0.39 is 0 Å². The summed E-state index contributed by atoms with van der Waals surface area (Å²) in [6.07, 6.45) is 0. The number of rotatable bonds is 0. The van der Waals surface area contributed by atoms with Crippen LogP contribution >= 0.6 is 11.8 Å². The largest absolute Gasteiger partial charge is 0.287 e. The lowest BCUT2D eigenvalue weighted by Crippen LogP contribution is -2.18. The Morgan fingerprint density at radius 1 is 1.88 bits per heavy atom. The van der Waals surface area contributed by atoms with E-state index >= 15 is 0 Å². The first kappa shape index (κ1) is 5.91. The molecule has 1 aliphatic rings. The second-order valence-corrected chi connectivity index (χ2v) is 2.54. The molecule has 0 aromatic carbocycles. The van der Waals surface area contributed by atoms with E-state index in [4.69, 9.17) is 5.21 Å². The molecule has 0 unspecified atom stereocenters. The topological polar surface area (TPSA) is 35.8 Å². The van der Waals surface area contributed by atoms with Crippen molar-refractivity contribution in [3.05, 3.63) is 0 Å². The highest BCUT2D eigenvalue weighted by molar-refractivity contribution is 8.14. The molecule has 1 fully saturated rings. The van der Waals surface area contributed by atoms with Crippen molar-refractivity contribution in [2.24, 2.45) is 4.99 Å². The van der Waals surface area contributed by atoms with Crippen LogP contribution in [-0.2, 0) is 0 Å². The second-order valence-electron chi connectivity index (χ2n) is 1.48. The van der Waals surface area contributed by atoms with Crippen LogP contribution in [0, 0.1) is 0 Å². The van der Waals surface area contributed by atoms with E-state index in [1.165, 1.54) is 5.06 Å². The Bertz CT molecular complexity index is 115. The Kier molecular flexibility index (Phi) is 1.75. The maximum absolute atomic E-state index is 8.87. The Hall–Kier alpha value is -0.220. The van der Waals surface area contributed by atoms with Gasteiger partial charge in [0.05, 0.1) is 6.54 Å². The predicted molar refractivity (Wildman–Crippen MR) is 34.3 cm³/mol. The number of aliphatic imine (C=N–C) groups is 1. The van der Waals surface area contributed by atoms with Crippen LogP contribution in [0.1, 0.15) is 0 Å². The number of hydrogen-bond acceptors (Lipinski definition) is 3. The van der Waals surface area contributed by atoms with Crippen LogP contribution in [0.3, 0.4) is 0 Å². The summed E-state index contributed by atoms with van der Waals surface area (Å²) in [5, 5.41) is 10.8. The van der Waals surface area contributed by atoms with Crippen molar-refractivity contribution in [1.29, 1.82) is 0 Å². The molecule has 1 rings (SSSR count). The van der Waals surface area contributed by atoms with E-state index in [-0.39, 0.29) is 0 Å². The third-order valence-corrected chi connectivity index (χ3v) is 1.98. The second kappa shape index (κ2) is 2.37. The highest BCUT2D eigenvalue weighted by Gasteiger charge is 2.15. The molecule has 0 atom stereocenters. The molecule has 4 heteroatoms. The van der Waals surface area contributed by atoms with Crippen LogP contribution in [0.25, 0.3) is 0 Å². The lowest BCUT2D eigenvalue weighted by atomic mass is 10.7. The molecule has 1 N–H and O–H groups in total. The van der Waals surface area contributed by atoms with Gasteiger partial charge in [0, 0.05) is 12.8 Å². The fraction of sp³-hybridized carbons (Fsp3) is 0.750. The SMILES string of the molecule is CN=C1SCCN1O. The molecule has 46 valence electrons. The van der Waals surface area contributed by atoms with Gasteiger partial charge in [-0.2, -0.15) is 0 Å². The van der Waals surface area contributed by atoms with E-state index in [0.29, 0.717) is 6.54 Å². The van der Waals surface area contributed by atoms with E-state index in [0.717, 1.165) is 10.9 Å². The number of thioether (sulfide) groups is 1. The molecule has 0 amide bonds. The first-order valence-electron chi connectivity index (χ1n) is 2.40. The monoisotopic (exact) mass is 132 g/mol. The zero-order valence-corrected chi connectivity index (χ0v) is 5.48. The normalized spacial score (nSPS) is 25.2. The molecule has 1 aliphatic heterocycles. The van der Waals surface area contributed by atoms with Crippen LogP contribution in [-0.4, -0.2) is 34.8 Å². The minimum Gasteiger partial charge on any atom is -0.287 e. The summed E-state index contributed by atoms with van der Waals surface area (Å²) in [7, 11) is 1.68. The van der Waals surface area contributed by atoms with Crippen molar-refractivity contribution in [2.45, 2.75) is 0 Å². The van der Waals surface area contributed by atoms with Gasteiger partial charge in [-0.3, -0.25) is 10.2 Å². The van der Waals surface area contributed by atoms with Crippen molar-refractivity contribution < 1.29 is 5.21 Å². The predicted octanol–water partition coefficient (Wildman–Crippen LogP) is 0.410. The molecule has 0 radical (unpaired) electrons. The number of nitrogens with zero attached hydrogens (tertiary/aromatic N) is 2. The van der Waals surface area contributed by atoms with Gasteiger partial charge in [-0.15, -0.1) is 0 Å². The summed E-state index contributed by atoms with van der Waals surface area (Å²) in [5.74, 6) is 0.948. The summed E-state index contributed by atoms with van der Waals surface area (Å²) < 4.78 is 0. The van der Waals surface area contributed by atoms with Gasteiger partial charge >= 0.3 is 0 Å². The van der Waals surface area contributed by atoms with Gasteiger partial charge in [0.15, 0.2) is 5.17 Å². The quantitative estimate of drug-likeness (QED) is 0.518. The highest BCUT2D eigenvalue weighted by atomic mass is 32.2. The van der Waals surface area contributed by atoms with Crippen molar-refractivity contribution >= 4 is 16.9 Å². The highest BCUT2D eigenvalue weighted by Crippen LogP contribution is 2.14. The lowest BCUT2D eigenvalue weighted by molar-refractivity contribution is -0.000794.